The summed E-state index contributed by atoms with van der Waals surface area (Å²) in [5.74, 6) is 2.15. The van der Waals surface area contributed by atoms with E-state index >= 15 is 0 Å². The third-order valence-corrected chi connectivity index (χ3v) is 8.16. The van der Waals surface area contributed by atoms with E-state index in [1.165, 1.54) is 12.8 Å². The Morgan fingerprint density at radius 3 is 2.44 bits per heavy atom. The molecular formula is C26H30N6O2. The van der Waals surface area contributed by atoms with Crippen molar-refractivity contribution in [2.75, 3.05) is 31.1 Å². The number of hydrogen-bond donors (Lipinski definition) is 0. The normalized spacial score (nSPS) is 24.3. The highest BCUT2D eigenvalue weighted by molar-refractivity contribution is 5.82. The largest absolute Gasteiger partial charge is 0.352 e. The maximum atomic E-state index is 12.9. The van der Waals surface area contributed by atoms with Crippen LogP contribution in [0.1, 0.15) is 73.2 Å². The fourth-order valence-electron chi connectivity index (χ4n) is 5.81. The maximum absolute atomic E-state index is 12.9. The Kier molecular flexibility index (Phi) is 5.21. The molecule has 0 radical (unpaired) electrons. The average Bonchev–Trinajstić information content (AvgIpc) is 3.72. The Labute approximate surface area is 200 Å². The molecule has 5 aliphatic rings. The van der Waals surface area contributed by atoms with Gasteiger partial charge in [-0.3, -0.25) is 9.59 Å². The van der Waals surface area contributed by atoms with Crippen molar-refractivity contribution in [2.45, 2.75) is 69.9 Å². The fraction of sp³-hybridized carbons (Fsp3) is 0.654. The van der Waals surface area contributed by atoms with E-state index < -0.39 is 0 Å². The van der Waals surface area contributed by atoms with Gasteiger partial charge in [0.15, 0.2) is 0 Å². The van der Waals surface area contributed by atoms with Gasteiger partial charge in [0.2, 0.25) is 11.8 Å². The first kappa shape index (κ1) is 21.4. The molecule has 1 aromatic rings. The molecular weight excluding hydrogens is 428 g/mol. The molecule has 8 heteroatoms. The van der Waals surface area contributed by atoms with Gasteiger partial charge in [0.05, 0.1) is 23.4 Å². The Hall–Kier alpha value is -3.13. The first-order valence-electron chi connectivity index (χ1n) is 12.7. The first-order valence-corrected chi connectivity index (χ1v) is 12.7. The number of rotatable bonds is 5. The smallest absolute Gasteiger partial charge is 0.237 e. The molecule has 1 saturated heterocycles. The molecule has 3 heterocycles. The molecule has 2 aliphatic heterocycles. The van der Waals surface area contributed by atoms with Crippen molar-refractivity contribution in [3.8, 4) is 12.1 Å². The number of amides is 2. The minimum absolute atomic E-state index is 0.114. The van der Waals surface area contributed by atoms with Crippen LogP contribution in [-0.4, -0.2) is 58.8 Å². The Morgan fingerprint density at radius 2 is 1.79 bits per heavy atom. The lowest BCUT2D eigenvalue weighted by molar-refractivity contribution is -0.136. The summed E-state index contributed by atoms with van der Waals surface area (Å²) in [5, 5.41) is 19.2. The van der Waals surface area contributed by atoms with Crippen molar-refractivity contribution < 1.29 is 9.59 Å². The molecule has 0 spiro atoms. The number of piperazine rings is 1. The number of pyridine rings is 1. The van der Waals surface area contributed by atoms with Gasteiger partial charge in [-0.15, -0.1) is 0 Å². The number of carbonyl (C=O) groups excluding carboxylic acids is 2. The van der Waals surface area contributed by atoms with Crippen molar-refractivity contribution in [3.63, 3.8) is 0 Å². The zero-order chi connectivity index (χ0) is 23.4. The van der Waals surface area contributed by atoms with Gasteiger partial charge in [0.1, 0.15) is 18.3 Å². The SMILES string of the molecule is N#CCC(=O)N1CCc2c(C#N)c(N3CCN(C(=O)C4CC4)C(C4CC4)C3)nc(C3CC3)c2C1. The summed E-state index contributed by atoms with van der Waals surface area (Å²) in [4.78, 5) is 36.6. The van der Waals surface area contributed by atoms with Gasteiger partial charge in [-0.2, -0.15) is 10.5 Å². The van der Waals surface area contributed by atoms with Crippen LogP contribution in [0.5, 0.6) is 0 Å². The summed E-state index contributed by atoms with van der Waals surface area (Å²) in [7, 11) is 0. The van der Waals surface area contributed by atoms with Crippen molar-refractivity contribution in [1.82, 2.24) is 14.8 Å². The second-order valence-corrected chi connectivity index (χ2v) is 10.6. The highest BCUT2D eigenvalue weighted by Gasteiger charge is 2.45. The van der Waals surface area contributed by atoms with Crippen LogP contribution in [0, 0.1) is 34.5 Å². The fourth-order valence-corrected chi connectivity index (χ4v) is 5.81. The zero-order valence-electron chi connectivity index (χ0n) is 19.5. The standard InChI is InChI=1S/C26H30N6O2/c27-9-7-23(33)30-10-8-19-20(13-28)25(29-24(17-3-4-17)21(19)14-30)31-11-12-32(26(34)18-5-6-18)22(15-31)16-1-2-16/h16-18,22H,1-8,10-12,14-15H2. The van der Waals surface area contributed by atoms with Crippen LogP contribution in [0.15, 0.2) is 0 Å². The van der Waals surface area contributed by atoms with E-state index in [0.29, 0.717) is 55.9 Å². The number of fused-ring (bicyclic) bond motifs is 1. The van der Waals surface area contributed by atoms with Gasteiger partial charge in [-0.1, -0.05) is 0 Å². The quantitative estimate of drug-likeness (QED) is 0.671. The maximum Gasteiger partial charge on any atom is 0.237 e. The minimum atomic E-state index is -0.152. The average molecular weight is 459 g/mol. The molecule has 3 saturated carbocycles. The molecule has 1 aromatic heterocycles. The molecule has 4 fully saturated rings. The molecule has 2 amide bonds. The Morgan fingerprint density at radius 1 is 1.00 bits per heavy atom. The summed E-state index contributed by atoms with van der Waals surface area (Å²) >= 11 is 0. The van der Waals surface area contributed by atoms with Gasteiger partial charge in [-0.05, 0) is 62.0 Å². The number of hydrogen-bond acceptors (Lipinski definition) is 6. The zero-order valence-corrected chi connectivity index (χ0v) is 19.5. The van der Waals surface area contributed by atoms with E-state index in [0.717, 1.165) is 54.9 Å². The van der Waals surface area contributed by atoms with Crippen molar-refractivity contribution in [1.29, 1.82) is 10.5 Å². The number of carbonyl (C=O) groups is 2. The highest BCUT2D eigenvalue weighted by Crippen LogP contribution is 2.45. The van der Waals surface area contributed by atoms with E-state index in [2.05, 4.69) is 15.9 Å². The lowest BCUT2D eigenvalue weighted by Crippen LogP contribution is -2.57. The van der Waals surface area contributed by atoms with Crippen molar-refractivity contribution in [2.24, 2.45) is 11.8 Å². The van der Waals surface area contributed by atoms with Crippen LogP contribution in [0.25, 0.3) is 0 Å². The molecule has 1 unspecified atom stereocenters. The molecule has 0 aromatic carbocycles. The van der Waals surface area contributed by atoms with Gasteiger partial charge < -0.3 is 14.7 Å². The number of aromatic nitrogens is 1. The summed E-state index contributed by atoms with van der Waals surface area (Å²) in [6.45, 7) is 3.14. The third kappa shape index (κ3) is 3.79. The predicted molar refractivity (Wildman–Crippen MR) is 123 cm³/mol. The van der Waals surface area contributed by atoms with Crippen molar-refractivity contribution in [3.05, 3.63) is 22.4 Å². The minimum Gasteiger partial charge on any atom is -0.352 e. The van der Waals surface area contributed by atoms with Crippen LogP contribution in [0.3, 0.4) is 0 Å². The number of anilines is 1. The summed E-state index contributed by atoms with van der Waals surface area (Å²) in [6.07, 6.45) is 7.09. The Bertz CT molecular complexity index is 1120. The second kappa shape index (κ2) is 8.27. The van der Waals surface area contributed by atoms with Crippen LogP contribution >= 0.6 is 0 Å². The van der Waals surface area contributed by atoms with Crippen molar-refractivity contribution >= 4 is 17.6 Å². The predicted octanol–water partition coefficient (Wildman–Crippen LogP) is 2.47. The van der Waals surface area contributed by atoms with Gasteiger partial charge >= 0.3 is 0 Å². The van der Waals surface area contributed by atoms with Gasteiger partial charge in [-0.25, -0.2) is 4.98 Å². The lowest BCUT2D eigenvalue weighted by atomic mass is 9.91. The molecule has 1 atom stereocenters. The topological polar surface area (TPSA) is 104 Å². The van der Waals surface area contributed by atoms with E-state index in [1.54, 1.807) is 4.90 Å². The molecule has 6 rings (SSSR count). The first-order chi connectivity index (χ1) is 16.6. The molecule has 176 valence electrons. The van der Waals surface area contributed by atoms with Crippen LogP contribution in [0.2, 0.25) is 0 Å². The van der Waals surface area contributed by atoms with E-state index in [-0.39, 0.29) is 24.3 Å². The molecule has 8 nitrogen and oxygen atoms in total. The molecule has 3 aliphatic carbocycles. The van der Waals surface area contributed by atoms with E-state index in [9.17, 15) is 14.9 Å². The molecule has 34 heavy (non-hydrogen) atoms. The van der Waals surface area contributed by atoms with E-state index in [1.807, 2.05) is 6.07 Å². The van der Waals surface area contributed by atoms with Crippen LogP contribution < -0.4 is 4.90 Å². The summed E-state index contributed by atoms with van der Waals surface area (Å²) in [5.41, 5.74) is 3.75. The number of nitrogens with zero attached hydrogens (tertiary/aromatic N) is 6. The molecule has 0 N–H and O–H groups in total. The monoisotopic (exact) mass is 458 g/mol. The molecule has 0 bridgehead atoms. The lowest BCUT2D eigenvalue weighted by Gasteiger charge is -2.43. The Balaban J connectivity index is 1.33. The van der Waals surface area contributed by atoms with Crippen LogP contribution in [0.4, 0.5) is 5.82 Å². The van der Waals surface area contributed by atoms with Crippen LogP contribution in [-0.2, 0) is 22.6 Å². The summed E-state index contributed by atoms with van der Waals surface area (Å²) < 4.78 is 0. The summed E-state index contributed by atoms with van der Waals surface area (Å²) in [6, 6.07) is 4.64. The number of nitriles is 2. The third-order valence-electron chi connectivity index (χ3n) is 8.16. The van der Waals surface area contributed by atoms with Gasteiger partial charge in [0, 0.05) is 44.6 Å². The highest BCUT2D eigenvalue weighted by atomic mass is 16.2. The second-order valence-electron chi connectivity index (χ2n) is 10.6. The van der Waals surface area contributed by atoms with E-state index in [4.69, 9.17) is 10.2 Å². The van der Waals surface area contributed by atoms with Gasteiger partial charge in [0.25, 0.3) is 0 Å².